The van der Waals surface area contributed by atoms with Crippen LogP contribution in [0.2, 0.25) is 0 Å². The molecule has 0 saturated carbocycles. The van der Waals surface area contributed by atoms with Gasteiger partial charge in [-0.05, 0) is 54.0 Å². The Bertz CT molecular complexity index is 959. The average Bonchev–Trinajstić information content (AvgIpc) is 3.17. The van der Waals surface area contributed by atoms with Crippen molar-refractivity contribution in [3.63, 3.8) is 0 Å². The van der Waals surface area contributed by atoms with Gasteiger partial charge >= 0.3 is 0 Å². The molecule has 0 bridgehead atoms. The normalized spacial score (nSPS) is 11.4. The minimum Gasteiger partial charge on any atom is -0.493 e. The van der Waals surface area contributed by atoms with E-state index in [9.17, 15) is 0 Å². The second kappa shape index (κ2) is 8.61. The topological polar surface area (TPSA) is 63.3 Å². The van der Waals surface area contributed by atoms with E-state index < -0.39 is 0 Å². The largest absolute Gasteiger partial charge is 0.493 e. The second-order valence-corrected chi connectivity index (χ2v) is 6.79. The number of nitrogens with one attached hydrogen (secondary N) is 1. The van der Waals surface area contributed by atoms with Gasteiger partial charge in [-0.3, -0.25) is 5.10 Å². The number of benzene rings is 2. The zero-order valence-electron chi connectivity index (χ0n) is 17.0. The van der Waals surface area contributed by atoms with Crippen LogP contribution in [0.3, 0.4) is 0 Å². The van der Waals surface area contributed by atoms with Crippen molar-refractivity contribution in [3.05, 3.63) is 65.2 Å². The highest BCUT2D eigenvalue weighted by molar-refractivity contribution is 5.77. The average molecular weight is 378 g/mol. The lowest BCUT2D eigenvalue weighted by Crippen LogP contribution is -2.07. The Morgan fingerprint density at radius 2 is 1.75 bits per heavy atom. The number of methoxy groups -OCH3 is 2. The van der Waals surface area contributed by atoms with Crippen LogP contribution in [0.15, 0.2) is 42.5 Å². The number of hydrogen-bond donors (Lipinski definition) is 1. The van der Waals surface area contributed by atoms with Gasteiger partial charge in [0.1, 0.15) is 5.82 Å². The van der Waals surface area contributed by atoms with Crippen LogP contribution >= 0.6 is 0 Å². The van der Waals surface area contributed by atoms with Gasteiger partial charge in [0, 0.05) is 26.2 Å². The molecule has 0 amide bonds. The lowest BCUT2D eigenvalue weighted by Gasteiger charge is -2.11. The van der Waals surface area contributed by atoms with E-state index >= 15 is 0 Å². The number of H-pyrrole nitrogens is 1. The van der Waals surface area contributed by atoms with Gasteiger partial charge in [0.05, 0.1) is 14.2 Å². The van der Waals surface area contributed by atoms with E-state index in [0.717, 1.165) is 22.5 Å². The van der Waals surface area contributed by atoms with Gasteiger partial charge < -0.3 is 14.4 Å². The number of aromatic amines is 1. The van der Waals surface area contributed by atoms with Crippen molar-refractivity contribution < 1.29 is 9.47 Å². The highest BCUT2D eigenvalue weighted by Crippen LogP contribution is 2.28. The molecule has 6 heteroatoms. The molecule has 0 saturated heterocycles. The summed E-state index contributed by atoms with van der Waals surface area (Å²) in [4.78, 5) is 6.71. The van der Waals surface area contributed by atoms with E-state index in [-0.39, 0.29) is 0 Å². The Balaban J connectivity index is 1.74. The number of ether oxygens (including phenoxy) is 2. The molecular weight excluding hydrogens is 352 g/mol. The van der Waals surface area contributed by atoms with E-state index in [1.54, 1.807) is 14.2 Å². The summed E-state index contributed by atoms with van der Waals surface area (Å²) in [6, 6.07) is 14.2. The Morgan fingerprint density at radius 1 is 1.04 bits per heavy atom. The Morgan fingerprint density at radius 3 is 2.39 bits per heavy atom. The zero-order chi connectivity index (χ0) is 20.1. The van der Waals surface area contributed by atoms with Crippen LogP contribution < -0.4 is 14.4 Å². The molecule has 28 heavy (non-hydrogen) atoms. The molecule has 146 valence electrons. The molecule has 0 aliphatic rings. The summed E-state index contributed by atoms with van der Waals surface area (Å²) in [5.74, 6) is 2.92. The maximum absolute atomic E-state index is 5.36. The van der Waals surface area contributed by atoms with Crippen LogP contribution in [0.4, 0.5) is 5.69 Å². The summed E-state index contributed by atoms with van der Waals surface area (Å²) in [6.07, 6.45) is 2.72. The van der Waals surface area contributed by atoms with Crippen LogP contribution in [0.5, 0.6) is 11.5 Å². The van der Waals surface area contributed by atoms with Crippen LogP contribution in [-0.2, 0) is 6.42 Å². The number of hydrogen-bond acceptors (Lipinski definition) is 5. The zero-order valence-corrected chi connectivity index (χ0v) is 17.0. The summed E-state index contributed by atoms with van der Waals surface area (Å²) < 4.78 is 10.6. The SMILES string of the molecule is COc1ccc(Cc2nc(C(C)=Cc3ccc(N(C)C)cc3)n[nH]2)cc1OC. The van der Waals surface area contributed by atoms with E-state index in [4.69, 9.17) is 9.47 Å². The molecule has 1 N–H and O–H groups in total. The van der Waals surface area contributed by atoms with Crippen LogP contribution in [-0.4, -0.2) is 43.5 Å². The molecule has 0 fully saturated rings. The Hall–Kier alpha value is -3.28. The van der Waals surface area contributed by atoms with Crippen molar-refractivity contribution in [1.82, 2.24) is 15.2 Å². The number of aromatic nitrogens is 3. The summed E-state index contributed by atoms with van der Waals surface area (Å²) in [5.41, 5.74) is 4.37. The first-order valence-electron chi connectivity index (χ1n) is 9.08. The number of allylic oxidation sites excluding steroid dienone is 1. The third-order valence-corrected chi connectivity index (χ3v) is 4.50. The van der Waals surface area contributed by atoms with Crippen LogP contribution in [0.1, 0.15) is 29.7 Å². The molecule has 1 heterocycles. The predicted octanol–water partition coefficient (Wildman–Crippen LogP) is 4.04. The molecule has 1 aromatic heterocycles. The summed E-state index contributed by atoms with van der Waals surface area (Å²) in [5, 5.41) is 7.39. The van der Waals surface area contributed by atoms with Gasteiger partial charge in [-0.15, -0.1) is 0 Å². The monoisotopic (exact) mass is 378 g/mol. The third-order valence-electron chi connectivity index (χ3n) is 4.50. The van der Waals surface area contributed by atoms with Gasteiger partial charge in [0.2, 0.25) is 0 Å². The van der Waals surface area contributed by atoms with Crippen LogP contribution in [0, 0.1) is 0 Å². The predicted molar refractivity (Wildman–Crippen MR) is 113 cm³/mol. The molecule has 0 spiro atoms. The minimum atomic E-state index is 0.637. The van der Waals surface area contributed by atoms with Crippen LogP contribution in [0.25, 0.3) is 11.6 Å². The molecule has 0 radical (unpaired) electrons. The van der Waals surface area contributed by atoms with E-state index in [0.29, 0.717) is 23.7 Å². The van der Waals surface area contributed by atoms with Crippen molar-refractivity contribution in [2.75, 3.05) is 33.2 Å². The lowest BCUT2D eigenvalue weighted by molar-refractivity contribution is 0.354. The molecule has 0 aliphatic heterocycles. The molecule has 3 aromatic rings. The van der Waals surface area contributed by atoms with Gasteiger partial charge in [0.25, 0.3) is 0 Å². The summed E-state index contributed by atoms with van der Waals surface area (Å²) >= 11 is 0. The second-order valence-electron chi connectivity index (χ2n) is 6.79. The van der Waals surface area contributed by atoms with Crippen molar-refractivity contribution in [3.8, 4) is 11.5 Å². The van der Waals surface area contributed by atoms with Crippen molar-refractivity contribution in [2.24, 2.45) is 0 Å². The Kier molecular flexibility index (Phi) is 5.99. The standard InChI is InChI=1S/C22H26N4O2/c1-15(12-16-6-9-18(10-7-16)26(2)3)22-23-21(24-25-22)14-17-8-11-19(27-4)20(13-17)28-5/h6-13H,14H2,1-5H3,(H,23,24,25). The molecule has 2 aromatic carbocycles. The van der Waals surface area contributed by atoms with Crippen molar-refractivity contribution in [2.45, 2.75) is 13.3 Å². The van der Waals surface area contributed by atoms with Gasteiger partial charge in [-0.2, -0.15) is 5.10 Å². The number of nitrogens with zero attached hydrogens (tertiary/aromatic N) is 3. The first-order valence-corrected chi connectivity index (χ1v) is 9.08. The fraction of sp³-hybridized carbons (Fsp3) is 0.273. The molecule has 3 rings (SSSR count). The highest BCUT2D eigenvalue weighted by Gasteiger charge is 2.09. The third kappa shape index (κ3) is 4.52. The fourth-order valence-electron chi connectivity index (χ4n) is 2.92. The number of anilines is 1. The van der Waals surface area contributed by atoms with E-state index in [1.807, 2.05) is 39.2 Å². The number of rotatable bonds is 7. The summed E-state index contributed by atoms with van der Waals surface area (Å²) in [7, 11) is 7.32. The molecular formula is C22H26N4O2. The van der Waals surface area contributed by atoms with Gasteiger partial charge in [-0.1, -0.05) is 18.2 Å². The lowest BCUT2D eigenvalue weighted by atomic mass is 10.1. The molecule has 0 atom stereocenters. The van der Waals surface area contributed by atoms with Gasteiger partial charge in [-0.25, -0.2) is 4.98 Å². The first kappa shape index (κ1) is 19.5. The molecule has 0 unspecified atom stereocenters. The fourth-order valence-corrected chi connectivity index (χ4v) is 2.92. The maximum Gasteiger partial charge on any atom is 0.176 e. The molecule has 6 nitrogen and oxygen atoms in total. The van der Waals surface area contributed by atoms with Crippen molar-refractivity contribution in [1.29, 1.82) is 0 Å². The van der Waals surface area contributed by atoms with Crippen molar-refractivity contribution >= 4 is 17.3 Å². The smallest absolute Gasteiger partial charge is 0.176 e. The maximum atomic E-state index is 5.36. The quantitative estimate of drug-likeness (QED) is 0.672. The Labute approximate surface area is 165 Å². The summed E-state index contributed by atoms with van der Waals surface area (Å²) in [6.45, 7) is 2.02. The highest BCUT2D eigenvalue weighted by atomic mass is 16.5. The molecule has 0 aliphatic carbocycles. The van der Waals surface area contributed by atoms with Gasteiger partial charge in [0.15, 0.2) is 17.3 Å². The van der Waals surface area contributed by atoms with E-state index in [2.05, 4.69) is 50.4 Å². The first-order chi connectivity index (χ1) is 13.5. The van der Waals surface area contributed by atoms with E-state index in [1.165, 1.54) is 5.69 Å². The minimum absolute atomic E-state index is 0.637.